The average Bonchev–Trinajstić information content (AvgIpc) is 2.19. The van der Waals surface area contributed by atoms with Crippen molar-refractivity contribution in [2.24, 2.45) is 16.4 Å². The molecule has 2 unspecified atom stereocenters. The topological polar surface area (TPSA) is 65.8 Å². The minimum absolute atomic E-state index is 0.140. The number of fused-ring (bicyclic) bond motifs is 1. The lowest BCUT2D eigenvalue weighted by Crippen LogP contribution is -2.38. The van der Waals surface area contributed by atoms with Crippen LogP contribution in [-0.2, 0) is 4.79 Å². The van der Waals surface area contributed by atoms with Gasteiger partial charge in [0.05, 0.1) is 6.04 Å². The highest BCUT2D eigenvalue weighted by atomic mass is 16.1. The second kappa shape index (κ2) is 2.23. The molecule has 64 valence electrons. The van der Waals surface area contributed by atoms with Crippen molar-refractivity contribution in [3.05, 3.63) is 10.4 Å². The van der Waals surface area contributed by atoms with Crippen LogP contribution < -0.4 is 0 Å². The standard InChI is InChI=1S/C8H11N3O/c1-8-3-2-5(8)4-6(7(8)12)10-11-9/h5-6H,2-4H2,1H3/t5?,6?,8-/m1/s1. The third kappa shape index (κ3) is 0.730. The molecule has 0 saturated heterocycles. The van der Waals surface area contributed by atoms with Gasteiger partial charge in [0.1, 0.15) is 5.78 Å². The van der Waals surface area contributed by atoms with E-state index in [4.69, 9.17) is 5.53 Å². The van der Waals surface area contributed by atoms with E-state index in [1.165, 1.54) is 0 Å². The second-order valence-corrected chi connectivity index (χ2v) is 3.97. The molecule has 0 amide bonds. The molecular weight excluding hydrogens is 154 g/mol. The number of carbonyl (C=O) groups is 1. The maximum Gasteiger partial charge on any atom is 0.147 e. The number of Topliss-reactive ketones (excluding diaryl/α,β-unsaturated/α-hetero) is 1. The fourth-order valence-corrected chi connectivity index (χ4v) is 2.40. The van der Waals surface area contributed by atoms with Crippen LogP contribution in [0.5, 0.6) is 0 Å². The molecule has 4 nitrogen and oxygen atoms in total. The second-order valence-electron chi connectivity index (χ2n) is 3.97. The van der Waals surface area contributed by atoms with Crippen molar-refractivity contribution in [1.82, 2.24) is 0 Å². The van der Waals surface area contributed by atoms with Crippen molar-refractivity contribution in [2.75, 3.05) is 0 Å². The van der Waals surface area contributed by atoms with E-state index in [9.17, 15) is 4.79 Å². The Labute approximate surface area is 70.6 Å². The smallest absolute Gasteiger partial charge is 0.147 e. The first-order valence-corrected chi connectivity index (χ1v) is 4.27. The van der Waals surface area contributed by atoms with E-state index in [2.05, 4.69) is 10.0 Å². The van der Waals surface area contributed by atoms with E-state index >= 15 is 0 Å². The lowest BCUT2D eigenvalue weighted by atomic mass is 9.63. The van der Waals surface area contributed by atoms with E-state index in [1.807, 2.05) is 6.92 Å². The van der Waals surface area contributed by atoms with Crippen LogP contribution in [-0.4, -0.2) is 11.8 Å². The summed E-state index contributed by atoms with van der Waals surface area (Å²) < 4.78 is 0. The number of carbonyl (C=O) groups excluding carboxylic acids is 1. The minimum atomic E-state index is -0.368. The first-order chi connectivity index (χ1) is 5.68. The van der Waals surface area contributed by atoms with Gasteiger partial charge in [-0.25, -0.2) is 0 Å². The van der Waals surface area contributed by atoms with Crippen molar-refractivity contribution in [2.45, 2.75) is 32.2 Å². The van der Waals surface area contributed by atoms with Gasteiger partial charge in [-0.1, -0.05) is 12.0 Å². The van der Waals surface area contributed by atoms with Crippen LogP contribution in [0.15, 0.2) is 5.11 Å². The van der Waals surface area contributed by atoms with Gasteiger partial charge >= 0.3 is 0 Å². The van der Waals surface area contributed by atoms with E-state index in [-0.39, 0.29) is 17.2 Å². The highest BCUT2D eigenvalue weighted by Gasteiger charge is 2.56. The van der Waals surface area contributed by atoms with E-state index < -0.39 is 0 Å². The van der Waals surface area contributed by atoms with Crippen LogP contribution in [0, 0.1) is 11.3 Å². The summed E-state index contributed by atoms with van der Waals surface area (Å²) >= 11 is 0. The normalized spacial score (nSPS) is 44.6. The van der Waals surface area contributed by atoms with Crippen LogP contribution >= 0.6 is 0 Å². The first-order valence-electron chi connectivity index (χ1n) is 4.27. The largest absolute Gasteiger partial charge is 0.299 e. The Bertz CT molecular complexity index is 282. The van der Waals surface area contributed by atoms with Gasteiger partial charge in [0, 0.05) is 10.3 Å². The van der Waals surface area contributed by atoms with E-state index in [0.29, 0.717) is 5.92 Å². The van der Waals surface area contributed by atoms with E-state index in [1.54, 1.807) is 0 Å². The van der Waals surface area contributed by atoms with Crippen LogP contribution in [0.4, 0.5) is 0 Å². The summed E-state index contributed by atoms with van der Waals surface area (Å²) in [7, 11) is 0. The molecule has 2 saturated carbocycles. The molecule has 4 heteroatoms. The highest BCUT2D eigenvalue weighted by Crippen LogP contribution is 2.55. The van der Waals surface area contributed by atoms with Crippen molar-refractivity contribution in [3.8, 4) is 0 Å². The zero-order valence-electron chi connectivity index (χ0n) is 7.03. The quantitative estimate of drug-likeness (QED) is 0.333. The third-order valence-electron chi connectivity index (χ3n) is 3.48. The third-order valence-corrected chi connectivity index (χ3v) is 3.48. The monoisotopic (exact) mass is 165 g/mol. The molecule has 0 aliphatic heterocycles. The molecule has 0 radical (unpaired) electrons. The molecule has 0 aromatic carbocycles. The van der Waals surface area contributed by atoms with Gasteiger partial charge in [0.15, 0.2) is 0 Å². The fourth-order valence-electron chi connectivity index (χ4n) is 2.40. The number of rotatable bonds is 1. The number of hydrogen-bond acceptors (Lipinski definition) is 2. The summed E-state index contributed by atoms with van der Waals surface area (Å²) in [5.41, 5.74) is 8.09. The zero-order chi connectivity index (χ0) is 8.77. The molecule has 0 aromatic heterocycles. The predicted octanol–water partition coefficient (Wildman–Crippen LogP) is 2.05. The Morgan fingerprint density at radius 3 is 2.83 bits per heavy atom. The summed E-state index contributed by atoms with van der Waals surface area (Å²) in [6, 6.07) is -0.368. The number of ketones is 1. The molecule has 0 heterocycles. The summed E-state index contributed by atoms with van der Waals surface area (Å²) in [5, 5.41) is 3.52. The van der Waals surface area contributed by atoms with Crippen molar-refractivity contribution < 1.29 is 4.79 Å². The van der Waals surface area contributed by atoms with Gasteiger partial charge in [-0.15, -0.1) is 0 Å². The highest BCUT2D eigenvalue weighted by molar-refractivity contribution is 5.93. The summed E-state index contributed by atoms with van der Waals surface area (Å²) in [6.07, 6.45) is 2.88. The molecule has 2 aliphatic rings. The SMILES string of the molecule is C[C@@]12CCC1CC(N=[N+]=[N-])C2=O. The Balaban J connectivity index is 2.25. The van der Waals surface area contributed by atoms with Crippen LogP contribution in [0.25, 0.3) is 10.4 Å². The van der Waals surface area contributed by atoms with Crippen molar-refractivity contribution in [1.29, 1.82) is 0 Å². The van der Waals surface area contributed by atoms with Crippen LogP contribution in [0.2, 0.25) is 0 Å². The Morgan fingerprint density at radius 1 is 1.75 bits per heavy atom. The average molecular weight is 165 g/mol. The summed E-state index contributed by atoms with van der Waals surface area (Å²) in [5.74, 6) is 0.650. The Hall–Kier alpha value is -1.02. The summed E-state index contributed by atoms with van der Waals surface area (Å²) in [4.78, 5) is 14.3. The zero-order valence-corrected chi connectivity index (χ0v) is 7.03. The molecule has 2 fully saturated rings. The van der Waals surface area contributed by atoms with Crippen molar-refractivity contribution in [3.63, 3.8) is 0 Å². The van der Waals surface area contributed by atoms with Gasteiger partial charge in [-0.2, -0.15) is 0 Å². The maximum absolute atomic E-state index is 11.6. The molecule has 0 spiro atoms. The number of nitrogens with zero attached hydrogens (tertiary/aromatic N) is 3. The molecular formula is C8H11N3O. The molecule has 3 atom stereocenters. The maximum atomic E-state index is 11.6. The minimum Gasteiger partial charge on any atom is -0.299 e. The molecule has 0 bridgehead atoms. The lowest BCUT2D eigenvalue weighted by molar-refractivity contribution is -0.131. The first kappa shape index (κ1) is 7.62. The van der Waals surface area contributed by atoms with Gasteiger partial charge in [0.2, 0.25) is 0 Å². The predicted molar refractivity (Wildman–Crippen MR) is 43.4 cm³/mol. The summed E-state index contributed by atoms with van der Waals surface area (Å²) in [6.45, 7) is 2.00. The van der Waals surface area contributed by atoms with Crippen LogP contribution in [0.3, 0.4) is 0 Å². The molecule has 2 rings (SSSR count). The molecule has 2 aliphatic carbocycles. The lowest BCUT2D eigenvalue weighted by Gasteiger charge is -2.40. The molecule has 0 aromatic rings. The molecule has 12 heavy (non-hydrogen) atoms. The van der Waals surface area contributed by atoms with Gasteiger partial charge < -0.3 is 0 Å². The van der Waals surface area contributed by atoms with Gasteiger partial charge in [-0.3, -0.25) is 4.79 Å². The van der Waals surface area contributed by atoms with Crippen LogP contribution in [0.1, 0.15) is 26.2 Å². The van der Waals surface area contributed by atoms with E-state index in [0.717, 1.165) is 19.3 Å². The Kier molecular flexibility index (Phi) is 1.42. The molecule has 0 N–H and O–H groups in total. The number of azide groups is 1. The Morgan fingerprint density at radius 2 is 2.50 bits per heavy atom. The fraction of sp³-hybridized carbons (Fsp3) is 0.875. The van der Waals surface area contributed by atoms with Crippen molar-refractivity contribution >= 4 is 5.78 Å². The van der Waals surface area contributed by atoms with Gasteiger partial charge in [-0.05, 0) is 30.7 Å². The number of hydrogen-bond donors (Lipinski definition) is 0. The van der Waals surface area contributed by atoms with Gasteiger partial charge in [0.25, 0.3) is 0 Å².